The maximum absolute atomic E-state index is 11.1. The summed E-state index contributed by atoms with van der Waals surface area (Å²) in [5.74, 6) is 0.656. The Hall–Kier alpha value is -0.350. The van der Waals surface area contributed by atoms with Crippen molar-refractivity contribution in [2.45, 2.75) is 31.8 Å². The van der Waals surface area contributed by atoms with E-state index in [0.29, 0.717) is 17.5 Å². The second kappa shape index (κ2) is 4.24. The van der Waals surface area contributed by atoms with Crippen molar-refractivity contribution in [3.63, 3.8) is 0 Å². The summed E-state index contributed by atoms with van der Waals surface area (Å²) in [7, 11) is -2.72. The summed E-state index contributed by atoms with van der Waals surface area (Å²) < 4.78 is 22.2. The molecular weight excluding hydrogens is 186 g/mol. The highest BCUT2D eigenvalue weighted by atomic mass is 32.2. The van der Waals surface area contributed by atoms with Gasteiger partial charge >= 0.3 is 0 Å². The lowest BCUT2D eigenvalue weighted by Gasteiger charge is -2.25. The Bertz CT molecular complexity index is 257. The summed E-state index contributed by atoms with van der Waals surface area (Å²) in [5, 5.41) is 3.32. The molecule has 0 aromatic carbocycles. The molecule has 0 amide bonds. The lowest BCUT2D eigenvalue weighted by atomic mass is 10.1. The Kier molecular flexibility index (Phi) is 3.50. The minimum atomic E-state index is -2.72. The van der Waals surface area contributed by atoms with Gasteiger partial charge in [0.1, 0.15) is 9.84 Å². The third-order valence-electron chi connectivity index (χ3n) is 2.41. The fraction of sp³-hybridized carbons (Fsp3) is 0.778. The second-order valence-electron chi connectivity index (χ2n) is 3.62. The lowest BCUT2D eigenvalue weighted by Crippen LogP contribution is -2.41. The third kappa shape index (κ3) is 3.48. The van der Waals surface area contributed by atoms with E-state index in [2.05, 4.69) is 11.9 Å². The van der Waals surface area contributed by atoms with Crippen LogP contribution < -0.4 is 5.32 Å². The van der Waals surface area contributed by atoms with Crippen LogP contribution in [0.4, 0.5) is 0 Å². The Morgan fingerprint density at radius 1 is 1.46 bits per heavy atom. The summed E-state index contributed by atoms with van der Waals surface area (Å²) in [6.45, 7) is 5.70. The lowest BCUT2D eigenvalue weighted by molar-refractivity contribution is 0.444. The van der Waals surface area contributed by atoms with Crippen LogP contribution in [-0.4, -0.2) is 32.0 Å². The molecule has 0 spiro atoms. The number of rotatable bonds is 3. The molecule has 76 valence electrons. The van der Waals surface area contributed by atoms with Crippen molar-refractivity contribution in [2.24, 2.45) is 0 Å². The quantitative estimate of drug-likeness (QED) is 0.688. The van der Waals surface area contributed by atoms with Crippen molar-refractivity contribution >= 4 is 9.84 Å². The van der Waals surface area contributed by atoms with Gasteiger partial charge in [-0.3, -0.25) is 0 Å². The van der Waals surface area contributed by atoms with Crippen LogP contribution in [0.2, 0.25) is 0 Å². The van der Waals surface area contributed by atoms with E-state index in [9.17, 15) is 8.42 Å². The molecule has 0 aromatic heterocycles. The van der Waals surface area contributed by atoms with Crippen molar-refractivity contribution in [3.05, 3.63) is 12.7 Å². The van der Waals surface area contributed by atoms with Gasteiger partial charge in [-0.25, -0.2) is 8.42 Å². The van der Waals surface area contributed by atoms with Crippen molar-refractivity contribution < 1.29 is 8.42 Å². The molecule has 1 saturated heterocycles. The Morgan fingerprint density at radius 3 is 2.46 bits per heavy atom. The molecular formula is C9H17NO2S. The van der Waals surface area contributed by atoms with Crippen molar-refractivity contribution in [2.75, 3.05) is 11.5 Å². The molecule has 0 bridgehead atoms. The highest BCUT2D eigenvalue weighted by molar-refractivity contribution is 7.91. The largest absolute Gasteiger partial charge is 0.308 e. The summed E-state index contributed by atoms with van der Waals surface area (Å²) >= 11 is 0. The fourth-order valence-corrected chi connectivity index (χ4v) is 2.99. The van der Waals surface area contributed by atoms with Crippen LogP contribution >= 0.6 is 0 Å². The molecule has 13 heavy (non-hydrogen) atoms. The van der Waals surface area contributed by atoms with Gasteiger partial charge in [0, 0.05) is 12.1 Å². The molecule has 1 heterocycles. The molecule has 0 saturated carbocycles. The van der Waals surface area contributed by atoms with Crippen LogP contribution in [0, 0.1) is 0 Å². The molecule has 1 fully saturated rings. The standard InChI is InChI=1S/C9H17NO2S/c1-3-8(2)10-9-4-6-13(11,12)7-5-9/h3,8-10H,1,4-7H2,2H3. The number of hydrogen-bond donors (Lipinski definition) is 1. The minimum absolute atomic E-state index is 0.269. The van der Waals surface area contributed by atoms with Crippen LogP contribution in [0.15, 0.2) is 12.7 Å². The molecule has 1 rings (SSSR count). The molecule has 0 aliphatic carbocycles. The summed E-state index contributed by atoms with van der Waals surface area (Å²) in [6, 6.07) is 0.613. The van der Waals surface area contributed by atoms with Crippen LogP contribution in [0.25, 0.3) is 0 Å². The number of hydrogen-bond acceptors (Lipinski definition) is 3. The summed E-state index contributed by atoms with van der Waals surface area (Å²) in [5.41, 5.74) is 0. The molecule has 1 atom stereocenters. The van der Waals surface area contributed by atoms with Gasteiger partial charge in [-0.15, -0.1) is 6.58 Å². The van der Waals surface area contributed by atoms with Crippen LogP contribution in [0.3, 0.4) is 0 Å². The molecule has 3 nitrogen and oxygen atoms in total. The zero-order valence-corrected chi connectivity index (χ0v) is 8.81. The van der Waals surface area contributed by atoms with E-state index in [1.54, 1.807) is 0 Å². The molecule has 4 heteroatoms. The van der Waals surface area contributed by atoms with E-state index >= 15 is 0 Å². The highest BCUT2D eigenvalue weighted by Gasteiger charge is 2.23. The van der Waals surface area contributed by atoms with Gasteiger partial charge in [0.05, 0.1) is 11.5 Å². The van der Waals surface area contributed by atoms with Gasteiger partial charge in [-0.05, 0) is 19.8 Å². The second-order valence-corrected chi connectivity index (χ2v) is 5.92. The van der Waals surface area contributed by atoms with Gasteiger partial charge in [0.25, 0.3) is 0 Å². The highest BCUT2D eigenvalue weighted by Crippen LogP contribution is 2.12. The van der Waals surface area contributed by atoms with Crippen LogP contribution in [-0.2, 0) is 9.84 Å². The topological polar surface area (TPSA) is 46.2 Å². The average Bonchev–Trinajstić information content (AvgIpc) is 2.08. The van der Waals surface area contributed by atoms with Crippen molar-refractivity contribution in [3.8, 4) is 0 Å². The summed E-state index contributed by atoms with van der Waals surface area (Å²) in [6.07, 6.45) is 3.31. The first kappa shape index (κ1) is 10.7. The van der Waals surface area contributed by atoms with Gasteiger partial charge in [-0.1, -0.05) is 6.08 Å². The Morgan fingerprint density at radius 2 is 2.00 bits per heavy atom. The van der Waals surface area contributed by atoms with E-state index in [1.807, 2.05) is 13.0 Å². The molecule has 1 aliphatic rings. The van der Waals surface area contributed by atoms with E-state index < -0.39 is 9.84 Å². The van der Waals surface area contributed by atoms with E-state index in [4.69, 9.17) is 0 Å². The summed E-state index contributed by atoms with van der Waals surface area (Å²) in [4.78, 5) is 0. The molecule has 1 aliphatic heterocycles. The fourth-order valence-electron chi connectivity index (χ4n) is 1.50. The molecule has 1 unspecified atom stereocenters. The molecule has 0 radical (unpaired) electrons. The predicted octanol–water partition coefficient (Wildman–Crippen LogP) is 0.728. The zero-order valence-electron chi connectivity index (χ0n) is 7.99. The average molecular weight is 203 g/mol. The number of nitrogens with one attached hydrogen (secondary N) is 1. The first-order chi connectivity index (χ1) is 6.03. The van der Waals surface area contributed by atoms with E-state index in [-0.39, 0.29) is 6.04 Å². The van der Waals surface area contributed by atoms with E-state index in [1.165, 1.54) is 0 Å². The molecule has 1 N–H and O–H groups in total. The normalized spacial score (nSPS) is 25.3. The number of sulfone groups is 1. The van der Waals surface area contributed by atoms with Crippen LogP contribution in [0.1, 0.15) is 19.8 Å². The maximum atomic E-state index is 11.1. The Labute approximate surface area is 80.1 Å². The predicted molar refractivity (Wildman–Crippen MR) is 54.5 cm³/mol. The first-order valence-corrected chi connectivity index (χ1v) is 6.44. The zero-order chi connectivity index (χ0) is 9.90. The van der Waals surface area contributed by atoms with Gasteiger partial charge < -0.3 is 5.32 Å². The van der Waals surface area contributed by atoms with E-state index in [0.717, 1.165) is 12.8 Å². The monoisotopic (exact) mass is 203 g/mol. The first-order valence-electron chi connectivity index (χ1n) is 4.62. The van der Waals surface area contributed by atoms with Gasteiger partial charge in [0.2, 0.25) is 0 Å². The van der Waals surface area contributed by atoms with Gasteiger partial charge in [-0.2, -0.15) is 0 Å². The van der Waals surface area contributed by atoms with Gasteiger partial charge in [0.15, 0.2) is 0 Å². The third-order valence-corrected chi connectivity index (χ3v) is 4.12. The van der Waals surface area contributed by atoms with Crippen molar-refractivity contribution in [1.29, 1.82) is 0 Å². The minimum Gasteiger partial charge on any atom is -0.308 e. The molecule has 0 aromatic rings. The SMILES string of the molecule is C=CC(C)NC1CCS(=O)(=O)CC1. The van der Waals surface area contributed by atoms with Crippen molar-refractivity contribution in [1.82, 2.24) is 5.32 Å². The Balaban J connectivity index is 2.37. The smallest absolute Gasteiger partial charge is 0.150 e. The maximum Gasteiger partial charge on any atom is 0.150 e. The van der Waals surface area contributed by atoms with Crippen LogP contribution in [0.5, 0.6) is 0 Å².